The number of piperazine rings is 1. The highest BCUT2D eigenvalue weighted by Gasteiger charge is 2.23. The molecule has 5 aromatic rings. The Bertz CT molecular complexity index is 1800. The Labute approximate surface area is 241 Å². The average Bonchev–Trinajstić information content (AvgIpc) is 3.45. The molecule has 0 saturated carbocycles. The Morgan fingerprint density at radius 3 is 2.33 bits per heavy atom. The molecule has 0 radical (unpaired) electrons. The predicted octanol–water partition coefficient (Wildman–Crippen LogP) is 1.02. The minimum Gasteiger partial charge on any atom is -0.491 e. The number of methoxy groups -OCH3 is 1. The quantitative estimate of drug-likeness (QED) is 0.244. The zero-order valence-electron chi connectivity index (χ0n) is 23.8. The lowest BCUT2D eigenvalue weighted by Crippen LogP contribution is -2.47. The van der Waals surface area contributed by atoms with Crippen molar-refractivity contribution in [2.75, 3.05) is 63.7 Å². The molecule has 2 aromatic carbocycles. The highest BCUT2D eigenvalue weighted by Crippen LogP contribution is 2.21. The summed E-state index contributed by atoms with van der Waals surface area (Å²) in [6.07, 6.45) is 0. The van der Waals surface area contributed by atoms with E-state index in [1.807, 2.05) is 42.5 Å². The monoisotopic (exact) mass is 573 g/mol. The Balaban J connectivity index is 1.16. The summed E-state index contributed by atoms with van der Waals surface area (Å²) in [7, 11) is 3.33. The molecular formula is C29H35N9O4. The van der Waals surface area contributed by atoms with Gasteiger partial charge in [0.25, 0.3) is 0 Å². The van der Waals surface area contributed by atoms with E-state index in [1.165, 1.54) is 13.6 Å². The summed E-state index contributed by atoms with van der Waals surface area (Å²) >= 11 is 0. The number of rotatable bonds is 10. The largest absolute Gasteiger partial charge is 0.491 e. The number of fused-ring (bicyclic) bond motifs is 3. The zero-order valence-corrected chi connectivity index (χ0v) is 23.8. The molecule has 1 aliphatic heterocycles. The second kappa shape index (κ2) is 11.7. The summed E-state index contributed by atoms with van der Waals surface area (Å²) in [6, 6.07) is 17.7. The zero-order chi connectivity index (χ0) is 29.2. The number of hydrogen-bond donors (Lipinski definition) is 1. The first-order valence-corrected chi connectivity index (χ1v) is 14.0. The number of nitrogens with zero attached hydrogens (tertiary/aromatic N) is 8. The van der Waals surface area contributed by atoms with Crippen LogP contribution in [0.1, 0.15) is 5.56 Å². The van der Waals surface area contributed by atoms with E-state index in [1.54, 1.807) is 18.7 Å². The van der Waals surface area contributed by atoms with Gasteiger partial charge in [-0.25, -0.2) is 18.7 Å². The number of hydrogen-bond acceptors (Lipinski definition) is 9. The molecule has 13 heteroatoms. The first-order valence-electron chi connectivity index (χ1n) is 14.0. The van der Waals surface area contributed by atoms with Gasteiger partial charge >= 0.3 is 11.4 Å². The maximum atomic E-state index is 13.3. The SMILES string of the molecule is COCCOc1ccc(N2CCN(CCn3c(=O)n(C)c4c3nc(N)n3c(=O)n(Cc5ccccc5)nc43)CC2)cc1. The van der Waals surface area contributed by atoms with Gasteiger partial charge in [-0.2, -0.15) is 4.98 Å². The fraction of sp³-hybridized carbons (Fsp3) is 0.379. The van der Waals surface area contributed by atoms with Crippen molar-refractivity contribution in [2.24, 2.45) is 7.05 Å². The van der Waals surface area contributed by atoms with E-state index in [4.69, 9.17) is 15.2 Å². The second-order valence-electron chi connectivity index (χ2n) is 10.4. The fourth-order valence-corrected chi connectivity index (χ4v) is 5.46. The van der Waals surface area contributed by atoms with E-state index in [9.17, 15) is 9.59 Å². The highest BCUT2D eigenvalue weighted by atomic mass is 16.5. The third-order valence-corrected chi connectivity index (χ3v) is 7.77. The third-order valence-electron chi connectivity index (χ3n) is 7.77. The highest BCUT2D eigenvalue weighted by molar-refractivity contribution is 5.87. The molecule has 3 aromatic heterocycles. The number of imidazole rings is 1. The number of aromatic nitrogens is 6. The van der Waals surface area contributed by atoms with Crippen LogP contribution in [0.2, 0.25) is 0 Å². The molecule has 1 fully saturated rings. The van der Waals surface area contributed by atoms with Crippen molar-refractivity contribution in [1.29, 1.82) is 0 Å². The molecule has 6 rings (SSSR count). The van der Waals surface area contributed by atoms with Crippen molar-refractivity contribution < 1.29 is 9.47 Å². The fourth-order valence-electron chi connectivity index (χ4n) is 5.46. The van der Waals surface area contributed by atoms with Gasteiger partial charge in [0, 0.05) is 59.1 Å². The maximum Gasteiger partial charge on any atom is 0.353 e. The van der Waals surface area contributed by atoms with Gasteiger partial charge in [-0.1, -0.05) is 30.3 Å². The number of nitrogen functional groups attached to an aromatic ring is 1. The number of anilines is 2. The lowest BCUT2D eigenvalue weighted by molar-refractivity contribution is 0.146. The summed E-state index contributed by atoms with van der Waals surface area (Å²) in [6.45, 7) is 5.98. The van der Waals surface area contributed by atoms with Crippen LogP contribution in [0, 0.1) is 0 Å². The van der Waals surface area contributed by atoms with Crippen LogP contribution in [0.25, 0.3) is 16.8 Å². The van der Waals surface area contributed by atoms with Crippen LogP contribution >= 0.6 is 0 Å². The summed E-state index contributed by atoms with van der Waals surface area (Å²) < 4.78 is 16.4. The van der Waals surface area contributed by atoms with Crippen LogP contribution < -0.4 is 26.7 Å². The lowest BCUT2D eigenvalue weighted by atomic mass is 10.2. The van der Waals surface area contributed by atoms with E-state index in [2.05, 4.69) is 32.0 Å². The Kier molecular flexibility index (Phi) is 7.68. The van der Waals surface area contributed by atoms with Crippen LogP contribution in [-0.2, 0) is 24.9 Å². The predicted molar refractivity (Wildman–Crippen MR) is 160 cm³/mol. The number of benzene rings is 2. The number of nitrogens with two attached hydrogens (primary N) is 1. The van der Waals surface area contributed by atoms with Gasteiger partial charge in [-0.05, 0) is 29.8 Å². The van der Waals surface area contributed by atoms with Gasteiger partial charge in [0.05, 0.1) is 13.2 Å². The van der Waals surface area contributed by atoms with Gasteiger partial charge in [0.15, 0.2) is 11.3 Å². The molecule has 13 nitrogen and oxygen atoms in total. The van der Waals surface area contributed by atoms with Gasteiger partial charge < -0.3 is 20.1 Å². The Morgan fingerprint density at radius 1 is 0.881 bits per heavy atom. The topological polar surface area (TPSA) is 130 Å². The normalized spacial score (nSPS) is 14.3. The molecule has 2 N–H and O–H groups in total. The van der Waals surface area contributed by atoms with Crippen molar-refractivity contribution in [2.45, 2.75) is 13.1 Å². The molecule has 220 valence electrons. The minimum absolute atomic E-state index is 0.00453. The lowest BCUT2D eigenvalue weighted by Gasteiger charge is -2.36. The van der Waals surface area contributed by atoms with Gasteiger partial charge in [0.1, 0.15) is 17.9 Å². The van der Waals surface area contributed by atoms with Gasteiger partial charge in [0.2, 0.25) is 5.95 Å². The molecule has 4 heterocycles. The second-order valence-corrected chi connectivity index (χ2v) is 10.4. The van der Waals surface area contributed by atoms with E-state index >= 15 is 0 Å². The van der Waals surface area contributed by atoms with Crippen LogP contribution in [-0.4, -0.2) is 86.2 Å². The molecule has 0 bridgehead atoms. The molecule has 0 aliphatic carbocycles. The van der Waals surface area contributed by atoms with Gasteiger partial charge in [-0.3, -0.25) is 14.0 Å². The molecule has 0 unspecified atom stereocenters. The summed E-state index contributed by atoms with van der Waals surface area (Å²) in [4.78, 5) is 35.7. The van der Waals surface area contributed by atoms with E-state index < -0.39 is 5.69 Å². The number of aryl methyl sites for hydroxylation is 1. The van der Waals surface area contributed by atoms with E-state index in [-0.39, 0.29) is 18.2 Å². The maximum absolute atomic E-state index is 13.3. The minimum atomic E-state index is -0.396. The summed E-state index contributed by atoms with van der Waals surface area (Å²) in [5.41, 5.74) is 8.95. The van der Waals surface area contributed by atoms with Crippen LogP contribution in [0.3, 0.4) is 0 Å². The third kappa shape index (κ3) is 5.23. The van der Waals surface area contributed by atoms with Crippen LogP contribution in [0.15, 0.2) is 64.2 Å². The Hall–Kier alpha value is -4.62. The van der Waals surface area contributed by atoms with Crippen LogP contribution in [0.4, 0.5) is 11.6 Å². The van der Waals surface area contributed by atoms with Crippen molar-refractivity contribution >= 4 is 28.4 Å². The molecule has 1 saturated heterocycles. The molecule has 1 aliphatic rings. The smallest absolute Gasteiger partial charge is 0.353 e. The molecule has 42 heavy (non-hydrogen) atoms. The molecule has 0 amide bonds. The van der Waals surface area contributed by atoms with E-state index in [0.717, 1.165) is 43.2 Å². The summed E-state index contributed by atoms with van der Waals surface area (Å²) in [5, 5.41) is 4.57. The Morgan fingerprint density at radius 2 is 1.62 bits per heavy atom. The molecular weight excluding hydrogens is 538 g/mol. The molecule has 0 spiro atoms. The van der Waals surface area contributed by atoms with E-state index in [0.29, 0.717) is 43.1 Å². The first kappa shape index (κ1) is 27.5. The average molecular weight is 574 g/mol. The summed E-state index contributed by atoms with van der Waals surface area (Å²) in [5.74, 6) is 0.833. The van der Waals surface area contributed by atoms with Crippen molar-refractivity contribution in [3.05, 3.63) is 81.1 Å². The molecule has 0 atom stereocenters. The van der Waals surface area contributed by atoms with Crippen molar-refractivity contribution in [3.8, 4) is 5.75 Å². The van der Waals surface area contributed by atoms with Crippen molar-refractivity contribution in [3.63, 3.8) is 0 Å². The van der Waals surface area contributed by atoms with Gasteiger partial charge in [-0.15, -0.1) is 5.10 Å². The number of ether oxygens (including phenoxy) is 2. The standard InChI is InChI=1S/C29H35N9O4/c1-33-24-25(31-27(30)38-26(24)32-37(29(38)40)20-21-6-4-3-5-7-21)36(28(33)39)17-14-34-12-15-35(16-13-34)22-8-10-23(11-9-22)42-19-18-41-2/h3-11H,12-20H2,1-2H3,(H2,30,31). The van der Waals surface area contributed by atoms with Crippen molar-refractivity contribution in [1.82, 2.24) is 33.2 Å². The van der Waals surface area contributed by atoms with Crippen LogP contribution in [0.5, 0.6) is 5.75 Å². The first-order chi connectivity index (χ1) is 20.4.